The van der Waals surface area contributed by atoms with Gasteiger partial charge < -0.3 is 10.6 Å². The van der Waals surface area contributed by atoms with Crippen LogP contribution < -0.4 is 15.8 Å². The van der Waals surface area contributed by atoms with E-state index in [1.54, 1.807) is 24.4 Å². The molecule has 0 atom stereocenters. The van der Waals surface area contributed by atoms with Crippen LogP contribution in [0.25, 0.3) is 0 Å². The van der Waals surface area contributed by atoms with Crippen LogP contribution in [0.1, 0.15) is 41.7 Å². The number of amides is 1. The minimum absolute atomic E-state index is 0.0748. The SMILES string of the molecule is NS(=O)(=O)c1ccc(CCNC(=O)c2ccc(NC3CCCC3)cn2)cc1. The first-order chi connectivity index (χ1) is 12.9. The first-order valence-corrected chi connectivity index (χ1v) is 10.6. The van der Waals surface area contributed by atoms with Gasteiger partial charge in [0.1, 0.15) is 5.69 Å². The number of hydrogen-bond acceptors (Lipinski definition) is 5. The molecule has 0 radical (unpaired) electrons. The van der Waals surface area contributed by atoms with E-state index < -0.39 is 10.0 Å². The quantitative estimate of drug-likeness (QED) is 0.672. The molecule has 1 fully saturated rings. The van der Waals surface area contributed by atoms with Crippen LogP contribution in [-0.2, 0) is 16.4 Å². The zero-order valence-corrected chi connectivity index (χ0v) is 15.8. The zero-order valence-electron chi connectivity index (χ0n) is 15.0. The Kier molecular flexibility index (Phi) is 6.08. The van der Waals surface area contributed by atoms with Crippen molar-refractivity contribution in [2.45, 2.75) is 43.0 Å². The van der Waals surface area contributed by atoms with Crippen molar-refractivity contribution >= 4 is 21.6 Å². The molecule has 3 rings (SSSR count). The average molecular weight is 388 g/mol. The molecule has 144 valence electrons. The number of primary sulfonamides is 1. The third-order valence-electron chi connectivity index (χ3n) is 4.67. The van der Waals surface area contributed by atoms with Crippen molar-refractivity contribution in [2.24, 2.45) is 5.14 Å². The molecule has 2 aromatic rings. The van der Waals surface area contributed by atoms with Crippen LogP contribution in [0.4, 0.5) is 5.69 Å². The molecular formula is C19H24N4O3S. The second-order valence-electron chi connectivity index (χ2n) is 6.75. The lowest BCUT2D eigenvalue weighted by atomic mass is 10.1. The van der Waals surface area contributed by atoms with E-state index in [4.69, 9.17) is 5.14 Å². The lowest BCUT2D eigenvalue weighted by Crippen LogP contribution is -2.26. The van der Waals surface area contributed by atoms with Crippen LogP contribution in [0.5, 0.6) is 0 Å². The molecule has 1 aromatic carbocycles. The van der Waals surface area contributed by atoms with Gasteiger partial charge in [-0.2, -0.15) is 0 Å². The Morgan fingerprint density at radius 1 is 1.11 bits per heavy atom. The Labute approximate surface area is 159 Å². The molecule has 1 aliphatic carbocycles. The number of nitrogens with one attached hydrogen (secondary N) is 2. The number of nitrogens with two attached hydrogens (primary N) is 1. The number of rotatable bonds is 7. The van der Waals surface area contributed by atoms with E-state index in [1.807, 2.05) is 6.07 Å². The van der Waals surface area contributed by atoms with E-state index in [9.17, 15) is 13.2 Å². The Morgan fingerprint density at radius 3 is 2.41 bits per heavy atom. The molecule has 0 bridgehead atoms. The summed E-state index contributed by atoms with van der Waals surface area (Å²) < 4.78 is 22.5. The van der Waals surface area contributed by atoms with E-state index in [0.29, 0.717) is 24.7 Å². The number of benzene rings is 1. The maximum Gasteiger partial charge on any atom is 0.269 e. The summed E-state index contributed by atoms with van der Waals surface area (Å²) in [5, 5.41) is 11.3. The fourth-order valence-electron chi connectivity index (χ4n) is 3.18. The number of aromatic nitrogens is 1. The first kappa shape index (κ1) is 19.3. The van der Waals surface area contributed by atoms with Crippen molar-refractivity contribution in [1.29, 1.82) is 0 Å². The highest BCUT2D eigenvalue weighted by Gasteiger charge is 2.15. The van der Waals surface area contributed by atoms with Gasteiger partial charge in [0, 0.05) is 12.6 Å². The van der Waals surface area contributed by atoms with Gasteiger partial charge in [0.2, 0.25) is 10.0 Å². The Bertz CT molecular complexity index is 874. The minimum atomic E-state index is -3.68. The number of sulfonamides is 1. The highest BCUT2D eigenvalue weighted by atomic mass is 32.2. The van der Waals surface area contributed by atoms with Gasteiger partial charge >= 0.3 is 0 Å². The molecule has 0 saturated heterocycles. The topological polar surface area (TPSA) is 114 Å². The third-order valence-corrected chi connectivity index (χ3v) is 5.60. The maximum absolute atomic E-state index is 12.2. The molecule has 1 aliphatic rings. The standard InChI is InChI=1S/C19H24N4O3S/c20-27(25,26)17-8-5-14(6-9-17)11-12-21-19(24)18-10-7-16(13-22-18)23-15-3-1-2-4-15/h5-10,13,15,23H,1-4,11-12H2,(H,21,24)(H2,20,25,26). The summed E-state index contributed by atoms with van der Waals surface area (Å²) >= 11 is 0. The van der Waals surface area contributed by atoms with Gasteiger partial charge in [0.25, 0.3) is 5.91 Å². The van der Waals surface area contributed by atoms with E-state index >= 15 is 0 Å². The van der Waals surface area contributed by atoms with Crippen LogP contribution >= 0.6 is 0 Å². The molecule has 8 heteroatoms. The molecule has 0 aliphatic heterocycles. The number of anilines is 1. The summed E-state index contributed by atoms with van der Waals surface area (Å²) in [6.45, 7) is 0.428. The zero-order chi connectivity index (χ0) is 19.3. The van der Waals surface area contributed by atoms with Gasteiger partial charge in [-0.1, -0.05) is 25.0 Å². The fourth-order valence-corrected chi connectivity index (χ4v) is 3.69. The molecular weight excluding hydrogens is 364 g/mol. The van der Waals surface area contributed by atoms with Gasteiger partial charge in [-0.15, -0.1) is 0 Å². The van der Waals surface area contributed by atoms with Crippen LogP contribution in [0.3, 0.4) is 0 Å². The summed E-state index contributed by atoms with van der Waals surface area (Å²) in [5.41, 5.74) is 2.22. The third kappa shape index (κ3) is 5.51. The van der Waals surface area contributed by atoms with E-state index in [0.717, 1.165) is 11.3 Å². The number of carbonyl (C=O) groups excluding carboxylic acids is 1. The van der Waals surface area contributed by atoms with Crippen molar-refractivity contribution in [1.82, 2.24) is 10.3 Å². The monoisotopic (exact) mass is 388 g/mol. The predicted octanol–water partition coefficient (Wildman–Crippen LogP) is 2.06. The van der Waals surface area contributed by atoms with Gasteiger partial charge in [-0.25, -0.2) is 18.5 Å². The van der Waals surface area contributed by atoms with Gasteiger partial charge in [-0.3, -0.25) is 4.79 Å². The second kappa shape index (κ2) is 8.49. The number of hydrogen-bond donors (Lipinski definition) is 3. The second-order valence-corrected chi connectivity index (χ2v) is 8.31. The number of nitrogens with zero attached hydrogens (tertiary/aromatic N) is 1. The van der Waals surface area contributed by atoms with Crippen molar-refractivity contribution in [3.8, 4) is 0 Å². The molecule has 1 heterocycles. The van der Waals surface area contributed by atoms with Crippen molar-refractivity contribution in [3.05, 3.63) is 53.9 Å². The van der Waals surface area contributed by atoms with E-state index in [2.05, 4.69) is 15.6 Å². The van der Waals surface area contributed by atoms with Crippen LogP contribution in [0.2, 0.25) is 0 Å². The van der Waals surface area contributed by atoms with Crippen LogP contribution in [0.15, 0.2) is 47.5 Å². The van der Waals surface area contributed by atoms with Crippen LogP contribution in [0, 0.1) is 0 Å². The highest BCUT2D eigenvalue weighted by Crippen LogP contribution is 2.21. The largest absolute Gasteiger partial charge is 0.381 e. The summed E-state index contributed by atoms with van der Waals surface area (Å²) in [6.07, 6.45) is 7.16. The van der Waals surface area contributed by atoms with Gasteiger partial charge in [0.15, 0.2) is 0 Å². The van der Waals surface area contributed by atoms with Crippen molar-refractivity contribution in [3.63, 3.8) is 0 Å². The van der Waals surface area contributed by atoms with Gasteiger partial charge in [0.05, 0.1) is 16.8 Å². The molecule has 1 aromatic heterocycles. The van der Waals surface area contributed by atoms with Crippen molar-refractivity contribution in [2.75, 3.05) is 11.9 Å². The number of carbonyl (C=O) groups is 1. The summed E-state index contributed by atoms with van der Waals surface area (Å²) in [7, 11) is -3.68. The molecule has 0 spiro atoms. The normalized spacial score (nSPS) is 14.9. The lowest BCUT2D eigenvalue weighted by Gasteiger charge is -2.13. The smallest absolute Gasteiger partial charge is 0.269 e. The summed E-state index contributed by atoms with van der Waals surface area (Å²) in [4.78, 5) is 16.5. The van der Waals surface area contributed by atoms with E-state index in [1.165, 1.54) is 37.8 Å². The summed E-state index contributed by atoms with van der Waals surface area (Å²) in [5.74, 6) is -0.233. The minimum Gasteiger partial charge on any atom is -0.381 e. The Morgan fingerprint density at radius 2 is 1.81 bits per heavy atom. The molecule has 1 amide bonds. The maximum atomic E-state index is 12.2. The summed E-state index contributed by atoms with van der Waals surface area (Å²) in [6, 6.07) is 10.4. The average Bonchev–Trinajstić information content (AvgIpc) is 3.15. The fraction of sp³-hybridized carbons (Fsp3) is 0.368. The first-order valence-electron chi connectivity index (χ1n) is 9.04. The predicted molar refractivity (Wildman–Crippen MR) is 104 cm³/mol. The molecule has 7 nitrogen and oxygen atoms in total. The molecule has 1 saturated carbocycles. The lowest BCUT2D eigenvalue weighted by molar-refractivity contribution is 0.0949. The highest BCUT2D eigenvalue weighted by molar-refractivity contribution is 7.89. The van der Waals surface area contributed by atoms with Crippen molar-refractivity contribution < 1.29 is 13.2 Å². The van der Waals surface area contributed by atoms with Crippen LogP contribution in [-0.4, -0.2) is 31.9 Å². The van der Waals surface area contributed by atoms with E-state index in [-0.39, 0.29) is 10.8 Å². The molecule has 4 N–H and O–H groups in total. The Hall–Kier alpha value is -2.45. The molecule has 0 unspecified atom stereocenters. The van der Waals surface area contributed by atoms with Gasteiger partial charge in [-0.05, 0) is 49.1 Å². The Balaban J connectivity index is 1.47. The molecule has 27 heavy (non-hydrogen) atoms. The number of pyridine rings is 1.